The van der Waals surface area contributed by atoms with E-state index in [0.29, 0.717) is 0 Å². The second kappa shape index (κ2) is 3.64. The van der Waals surface area contributed by atoms with Crippen molar-refractivity contribution < 1.29 is 4.74 Å². The topological polar surface area (TPSA) is 21.3 Å². The van der Waals surface area contributed by atoms with Crippen molar-refractivity contribution in [1.82, 2.24) is 0 Å². The van der Waals surface area contributed by atoms with E-state index in [0.717, 1.165) is 12.3 Å². The molecule has 18 heavy (non-hydrogen) atoms. The third-order valence-electron chi connectivity index (χ3n) is 3.61. The summed E-state index contributed by atoms with van der Waals surface area (Å²) >= 11 is 0. The van der Waals surface area contributed by atoms with E-state index in [1.165, 1.54) is 28.0 Å². The van der Waals surface area contributed by atoms with E-state index < -0.39 is 0 Å². The molecule has 0 saturated heterocycles. The number of fused-ring (bicyclic) bond motifs is 2. The Bertz CT molecular complexity index is 579. The molecule has 0 saturated carbocycles. The van der Waals surface area contributed by atoms with Crippen LogP contribution in [0.5, 0.6) is 5.75 Å². The van der Waals surface area contributed by atoms with E-state index in [9.17, 15) is 0 Å². The van der Waals surface area contributed by atoms with Crippen LogP contribution in [0.15, 0.2) is 24.3 Å². The van der Waals surface area contributed by atoms with Crippen molar-refractivity contribution >= 4 is 16.8 Å². The van der Waals surface area contributed by atoms with Crippen LogP contribution in [0.1, 0.15) is 38.8 Å². The minimum Gasteiger partial charge on any atom is -0.483 e. The SMILES string of the molecule is CC1=CCNc2cc3c(cc21)C(C)=CC(C)(C)O3. The quantitative estimate of drug-likeness (QED) is 0.738. The molecule has 0 aliphatic carbocycles. The fourth-order valence-corrected chi connectivity index (χ4v) is 2.78. The van der Waals surface area contributed by atoms with E-state index in [1.807, 2.05) is 0 Å². The third kappa shape index (κ3) is 1.72. The number of hydrogen-bond donors (Lipinski definition) is 1. The van der Waals surface area contributed by atoms with Gasteiger partial charge in [-0.2, -0.15) is 0 Å². The van der Waals surface area contributed by atoms with Gasteiger partial charge < -0.3 is 10.1 Å². The molecule has 0 spiro atoms. The highest BCUT2D eigenvalue weighted by molar-refractivity contribution is 5.84. The van der Waals surface area contributed by atoms with Gasteiger partial charge in [0.15, 0.2) is 0 Å². The van der Waals surface area contributed by atoms with Crippen LogP contribution in [-0.4, -0.2) is 12.1 Å². The summed E-state index contributed by atoms with van der Waals surface area (Å²) in [6.07, 6.45) is 4.42. The molecule has 0 radical (unpaired) electrons. The zero-order valence-electron chi connectivity index (χ0n) is 11.4. The van der Waals surface area contributed by atoms with Crippen LogP contribution in [0.25, 0.3) is 11.1 Å². The van der Waals surface area contributed by atoms with Gasteiger partial charge in [-0.05, 0) is 51.0 Å². The predicted molar refractivity (Wildman–Crippen MR) is 76.9 cm³/mol. The second-order valence-electron chi connectivity index (χ2n) is 5.69. The van der Waals surface area contributed by atoms with Crippen LogP contribution < -0.4 is 10.1 Å². The Labute approximate surface area is 108 Å². The van der Waals surface area contributed by atoms with Crippen LogP contribution in [0.2, 0.25) is 0 Å². The number of hydrogen-bond acceptors (Lipinski definition) is 2. The molecule has 0 unspecified atom stereocenters. The summed E-state index contributed by atoms with van der Waals surface area (Å²) in [7, 11) is 0. The van der Waals surface area contributed by atoms with Crippen LogP contribution in [-0.2, 0) is 0 Å². The minimum atomic E-state index is -0.217. The van der Waals surface area contributed by atoms with Gasteiger partial charge in [-0.3, -0.25) is 0 Å². The van der Waals surface area contributed by atoms with E-state index in [-0.39, 0.29) is 5.60 Å². The molecule has 0 atom stereocenters. The fraction of sp³-hybridized carbons (Fsp3) is 0.375. The fourth-order valence-electron chi connectivity index (χ4n) is 2.78. The van der Waals surface area contributed by atoms with Gasteiger partial charge in [0.25, 0.3) is 0 Å². The molecule has 0 fully saturated rings. The molecule has 1 aromatic carbocycles. The predicted octanol–water partition coefficient (Wildman–Crippen LogP) is 4.09. The Kier molecular flexibility index (Phi) is 2.31. The minimum absolute atomic E-state index is 0.217. The first-order valence-electron chi connectivity index (χ1n) is 6.44. The average Bonchev–Trinajstić information content (AvgIpc) is 2.26. The maximum Gasteiger partial charge on any atom is 0.130 e. The smallest absolute Gasteiger partial charge is 0.130 e. The molecule has 1 N–H and O–H groups in total. The first-order chi connectivity index (χ1) is 8.46. The molecule has 2 heteroatoms. The Morgan fingerprint density at radius 1 is 1.11 bits per heavy atom. The normalized spacial score (nSPS) is 19.8. The molecule has 2 aliphatic rings. The molecule has 3 rings (SSSR count). The lowest BCUT2D eigenvalue weighted by Gasteiger charge is -2.32. The lowest BCUT2D eigenvalue weighted by molar-refractivity contribution is 0.158. The summed E-state index contributed by atoms with van der Waals surface area (Å²) in [5.74, 6) is 0.987. The van der Waals surface area contributed by atoms with Crippen LogP contribution in [0, 0.1) is 0 Å². The van der Waals surface area contributed by atoms with Crippen molar-refractivity contribution in [2.75, 3.05) is 11.9 Å². The summed E-state index contributed by atoms with van der Waals surface area (Å²) in [5, 5.41) is 3.41. The first kappa shape index (κ1) is 11.4. The lowest BCUT2D eigenvalue weighted by atomic mass is 9.91. The van der Waals surface area contributed by atoms with Crippen molar-refractivity contribution in [2.24, 2.45) is 0 Å². The summed E-state index contributed by atoms with van der Waals surface area (Å²) < 4.78 is 6.06. The Morgan fingerprint density at radius 2 is 1.89 bits per heavy atom. The van der Waals surface area contributed by atoms with E-state index >= 15 is 0 Å². The van der Waals surface area contributed by atoms with Crippen molar-refractivity contribution in [3.8, 4) is 5.75 Å². The Morgan fingerprint density at radius 3 is 2.67 bits per heavy atom. The monoisotopic (exact) mass is 241 g/mol. The van der Waals surface area contributed by atoms with Gasteiger partial charge in [-0.1, -0.05) is 6.08 Å². The Hall–Kier alpha value is -1.70. The number of rotatable bonds is 0. The lowest BCUT2D eigenvalue weighted by Crippen LogP contribution is -2.28. The molecule has 0 bridgehead atoms. The largest absolute Gasteiger partial charge is 0.483 e. The summed E-state index contributed by atoms with van der Waals surface area (Å²) in [5.41, 5.74) is 6.09. The molecule has 2 nitrogen and oxygen atoms in total. The van der Waals surface area contributed by atoms with Gasteiger partial charge in [0.1, 0.15) is 11.4 Å². The number of anilines is 1. The second-order valence-corrected chi connectivity index (χ2v) is 5.69. The maximum atomic E-state index is 6.06. The van der Waals surface area contributed by atoms with Gasteiger partial charge in [0, 0.05) is 29.4 Å². The molecule has 2 heterocycles. The number of allylic oxidation sites excluding steroid dienone is 2. The van der Waals surface area contributed by atoms with Crippen LogP contribution >= 0.6 is 0 Å². The van der Waals surface area contributed by atoms with Gasteiger partial charge in [0.2, 0.25) is 0 Å². The zero-order valence-corrected chi connectivity index (χ0v) is 11.4. The molecular weight excluding hydrogens is 222 g/mol. The zero-order chi connectivity index (χ0) is 12.9. The van der Waals surface area contributed by atoms with Crippen molar-refractivity contribution in [3.05, 3.63) is 35.4 Å². The average molecular weight is 241 g/mol. The maximum absolute atomic E-state index is 6.06. The molecule has 2 aliphatic heterocycles. The first-order valence-corrected chi connectivity index (χ1v) is 6.44. The van der Waals surface area contributed by atoms with Crippen molar-refractivity contribution in [1.29, 1.82) is 0 Å². The number of ether oxygens (including phenoxy) is 1. The van der Waals surface area contributed by atoms with Gasteiger partial charge >= 0.3 is 0 Å². The summed E-state index contributed by atoms with van der Waals surface area (Å²) in [6, 6.07) is 4.38. The summed E-state index contributed by atoms with van der Waals surface area (Å²) in [4.78, 5) is 0. The highest BCUT2D eigenvalue weighted by Crippen LogP contribution is 2.41. The van der Waals surface area contributed by atoms with Crippen LogP contribution in [0.3, 0.4) is 0 Å². The van der Waals surface area contributed by atoms with Crippen LogP contribution in [0.4, 0.5) is 5.69 Å². The van der Waals surface area contributed by atoms with E-state index in [2.05, 4.69) is 57.3 Å². The highest BCUT2D eigenvalue weighted by atomic mass is 16.5. The molecule has 0 amide bonds. The number of benzene rings is 1. The van der Waals surface area contributed by atoms with Gasteiger partial charge in [-0.25, -0.2) is 0 Å². The molecular formula is C16H19NO. The van der Waals surface area contributed by atoms with E-state index in [4.69, 9.17) is 4.74 Å². The van der Waals surface area contributed by atoms with Gasteiger partial charge in [-0.15, -0.1) is 0 Å². The highest BCUT2D eigenvalue weighted by Gasteiger charge is 2.26. The molecule has 94 valence electrons. The standard InChI is InChI=1S/C16H19NO/c1-10-5-6-17-14-8-15-13(7-12(10)14)11(2)9-16(3,4)18-15/h5,7-9,17H,6H2,1-4H3. The molecule has 1 aromatic rings. The molecule has 0 aromatic heterocycles. The Balaban J connectivity index is 2.19. The van der Waals surface area contributed by atoms with Gasteiger partial charge in [0.05, 0.1) is 0 Å². The number of nitrogens with one attached hydrogen (secondary N) is 1. The summed E-state index contributed by atoms with van der Waals surface area (Å²) in [6.45, 7) is 9.41. The third-order valence-corrected chi connectivity index (χ3v) is 3.61. The van der Waals surface area contributed by atoms with Crippen molar-refractivity contribution in [3.63, 3.8) is 0 Å². The van der Waals surface area contributed by atoms with Crippen molar-refractivity contribution in [2.45, 2.75) is 33.3 Å². The van der Waals surface area contributed by atoms with E-state index in [1.54, 1.807) is 0 Å².